The maximum atomic E-state index is 13.0. The molecule has 1 rings (SSSR count). The van der Waals surface area contributed by atoms with Crippen molar-refractivity contribution in [2.45, 2.75) is 18.0 Å². The lowest BCUT2D eigenvalue weighted by Crippen LogP contribution is -2.58. The molecule has 128 valence electrons. The van der Waals surface area contributed by atoms with Crippen molar-refractivity contribution in [2.24, 2.45) is 5.10 Å². The molecule has 0 aliphatic heterocycles. The number of rotatable bonds is 5. The molecule has 1 amide bonds. The van der Waals surface area contributed by atoms with E-state index in [1.54, 1.807) is 0 Å². The monoisotopic (exact) mass is 346 g/mol. The summed E-state index contributed by atoms with van der Waals surface area (Å²) in [7, 11) is 1.33. The van der Waals surface area contributed by atoms with Crippen molar-refractivity contribution in [1.29, 1.82) is 0 Å². The average Bonchev–Trinajstić information content (AvgIpc) is 2.45. The highest BCUT2D eigenvalue weighted by Crippen LogP contribution is 2.46. The van der Waals surface area contributed by atoms with E-state index in [4.69, 9.17) is 4.74 Å². The number of carbonyl (C=O) groups excluding carboxylic acids is 1. The first-order valence-electron chi connectivity index (χ1n) is 5.73. The number of hydrogen-bond acceptors (Lipinski definition) is 3. The molecular formula is C12H9F7N2O2. The number of alkyl halides is 7. The van der Waals surface area contributed by atoms with E-state index < -0.39 is 23.9 Å². The van der Waals surface area contributed by atoms with Gasteiger partial charge in [-0.3, -0.25) is 4.79 Å². The van der Waals surface area contributed by atoms with Gasteiger partial charge in [0.2, 0.25) is 0 Å². The van der Waals surface area contributed by atoms with Gasteiger partial charge in [-0.25, -0.2) is 5.43 Å². The number of ether oxygens (including phenoxy) is 1. The Morgan fingerprint density at radius 3 is 2.30 bits per heavy atom. The molecule has 0 atom stereocenters. The predicted octanol–water partition coefficient (Wildman–Crippen LogP) is 2.98. The summed E-state index contributed by atoms with van der Waals surface area (Å²) in [6, 6.07) is 5.72. The summed E-state index contributed by atoms with van der Waals surface area (Å²) < 4.78 is 91.6. The molecule has 1 N–H and O–H groups in total. The third-order valence-electron chi connectivity index (χ3n) is 2.51. The van der Waals surface area contributed by atoms with E-state index in [1.165, 1.54) is 31.4 Å². The van der Waals surface area contributed by atoms with Crippen LogP contribution in [0.3, 0.4) is 0 Å². The number of amides is 1. The lowest BCUT2D eigenvalue weighted by molar-refractivity contribution is -0.344. The molecule has 0 saturated heterocycles. The van der Waals surface area contributed by atoms with Crippen LogP contribution in [0, 0.1) is 0 Å². The van der Waals surface area contributed by atoms with Gasteiger partial charge in [0, 0.05) is 0 Å². The Balaban J connectivity index is 2.84. The average molecular weight is 346 g/mol. The lowest BCUT2D eigenvalue weighted by atomic mass is 10.1. The van der Waals surface area contributed by atoms with E-state index in [-0.39, 0.29) is 5.56 Å². The summed E-state index contributed by atoms with van der Waals surface area (Å²) in [6.45, 7) is 0. The summed E-state index contributed by atoms with van der Waals surface area (Å²) in [4.78, 5) is 10.9. The summed E-state index contributed by atoms with van der Waals surface area (Å²) in [5, 5.41) is 2.92. The van der Waals surface area contributed by atoms with Gasteiger partial charge in [0.05, 0.1) is 13.3 Å². The molecule has 0 aliphatic rings. The van der Waals surface area contributed by atoms with Gasteiger partial charge in [0.1, 0.15) is 5.75 Å². The number of halogens is 7. The number of nitrogens with zero attached hydrogens (tertiary/aromatic N) is 1. The van der Waals surface area contributed by atoms with Crippen molar-refractivity contribution < 1.29 is 40.3 Å². The number of carbonyl (C=O) groups is 1. The fourth-order valence-electron chi connectivity index (χ4n) is 1.28. The quantitative estimate of drug-likeness (QED) is 0.506. The molecule has 0 aliphatic carbocycles. The first kappa shape index (κ1) is 18.7. The molecule has 1 aromatic rings. The van der Waals surface area contributed by atoms with Crippen molar-refractivity contribution in [3.8, 4) is 5.75 Å². The Kier molecular flexibility index (Phi) is 5.23. The number of nitrogens with one attached hydrogen (secondary N) is 1. The van der Waals surface area contributed by atoms with E-state index in [0.717, 1.165) is 11.6 Å². The predicted molar refractivity (Wildman–Crippen MR) is 64.7 cm³/mol. The van der Waals surface area contributed by atoms with E-state index in [2.05, 4.69) is 5.10 Å². The third kappa shape index (κ3) is 3.90. The highest BCUT2D eigenvalue weighted by atomic mass is 19.4. The minimum Gasteiger partial charge on any atom is -0.497 e. The smallest absolute Gasteiger partial charge is 0.460 e. The van der Waals surface area contributed by atoms with Crippen molar-refractivity contribution in [1.82, 2.24) is 5.43 Å². The fraction of sp³-hybridized carbons (Fsp3) is 0.333. The maximum absolute atomic E-state index is 13.0. The number of hydrogen-bond donors (Lipinski definition) is 1. The SMILES string of the molecule is COc1cccc(/C=N/NC(=O)C(F)(F)C(F)(F)C(F)(F)F)c1. The van der Waals surface area contributed by atoms with E-state index in [1.807, 2.05) is 0 Å². The summed E-state index contributed by atoms with van der Waals surface area (Å²) in [5.74, 6) is -15.1. The standard InChI is InChI=1S/C12H9F7N2O2/c1-23-8-4-2-3-7(5-8)6-20-21-9(22)10(13,14)11(15,16)12(17,18)19/h2-6H,1H3,(H,21,22)/b20-6+. The second-order valence-electron chi connectivity index (χ2n) is 4.12. The van der Waals surface area contributed by atoms with Crippen LogP contribution < -0.4 is 10.2 Å². The second-order valence-corrected chi connectivity index (χ2v) is 4.12. The highest BCUT2D eigenvalue weighted by Gasteiger charge is 2.76. The molecule has 23 heavy (non-hydrogen) atoms. The van der Waals surface area contributed by atoms with E-state index >= 15 is 0 Å². The second kappa shape index (κ2) is 6.42. The van der Waals surface area contributed by atoms with Crippen LogP contribution in [0.4, 0.5) is 30.7 Å². The van der Waals surface area contributed by atoms with Gasteiger partial charge in [-0.15, -0.1) is 0 Å². The minimum absolute atomic E-state index is 0.218. The van der Waals surface area contributed by atoms with Crippen molar-refractivity contribution in [2.75, 3.05) is 7.11 Å². The summed E-state index contributed by atoms with van der Waals surface area (Å²) in [5.41, 5.74) is 1.16. The zero-order valence-electron chi connectivity index (χ0n) is 11.3. The zero-order valence-corrected chi connectivity index (χ0v) is 11.3. The zero-order chi connectivity index (χ0) is 17.9. The van der Waals surface area contributed by atoms with Crippen molar-refractivity contribution in [3.63, 3.8) is 0 Å². The molecule has 11 heteroatoms. The first-order valence-corrected chi connectivity index (χ1v) is 5.73. The van der Waals surface area contributed by atoms with Crippen LogP contribution in [-0.4, -0.2) is 37.3 Å². The molecule has 0 bridgehead atoms. The fourth-order valence-corrected chi connectivity index (χ4v) is 1.28. The molecular weight excluding hydrogens is 337 g/mol. The van der Waals surface area contributed by atoms with Crippen molar-refractivity contribution in [3.05, 3.63) is 29.8 Å². The maximum Gasteiger partial charge on any atom is 0.460 e. The van der Waals surface area contributed by atoms with Gasteiger partial charge >= 0.3 is 23.9 Å². The van der Waals surface area contributed by atoms with Gasteiger partial charge in [-0.05, 0) is 17.7 Å². The lowest BCUT2D eigenvalue weighted by Gasteiger charge is -2.26. The van der Waals surface area contributed by atoms with E-state index in [0.29, 0.717) is 5.75 Å². The van der Waals surface area contributed by atoms with Crippen LogP contribution in [-0.2, 0) is 4.79 Å². The number of hydrazone groups is 1. The first-order chi connectivity index (χ1) is 10.4. The molecule has 4 nitrogen and oxygen atoms in total. The largest absolute Gasteiger partial charge is 0.497 e. The molecule has 0 heterocycles. The van der Waals surface area contributed by atoms with Crippen LogP contribution in [0.25, 0.3) is 0 Å². The van der Waals surface area contributed by atoms with Gasteiger partial charge < -0.3 is 4.74 Å². The Bertz CT molecular complexity index is 599. The summed E-state index contributed by atoms with van der Waals surface area (Å²) >= 11 is 0. The Labute approximate surface area is 124 Å². The molecule has 0 aromatic heterocycles. The van der Waals surface area contributed by atoms with Gasteiger partial charge in [-0.2, -0.15) is 35.8 Å². The summed E-state index contributed by atoms with van der Waals surface area (Å²) in [6.07, 6.45) is -5.83. The molecule has 1 aromatic carbocycles. The Morgan fingerprint density at radius 2 is 1.78 bits per heavy atom. The topological polar surface area (TPSA) is 50.7 Å². The van der Waals surface area contributed by atoms with Crippen LogP contribution in [0.2, 0.25) is 0 Å². The van der Waals surface area contributed by atoms with Gasteiger partial charge in [0.15, 0.2) is 0 Å². The van der Waals surface area contributed by atoms with Gasteiger partial charge in [0.25, 0.3) is 0 Å². The van der Waals surface area contributed by atoms with Gasteiger partial charge in [-0.1, -0.05) is 12.1 Å². The number of benzene rings is 1. The van der Waals surface area contributed by atoms with Crippen LogP contribution in [0.1, 0.15) is 5.56 Å². The third-order valence-corrected chi connectivity index (χ3v) is 2.51. The molecule has 0 radical (unpaired) electrons. The minimum atomic E-state index is -6.59. The molecule has 0 saturated carbocycles. The molecule has 0 fully saturated rings. The highest BCUT2D eigenvalue weighted by molar-refractivity contribution is 5.87. The van der Waals surface area contributed by atoms with E-state index in [9.17, 15) is 35.5 Å². The Hall–Kier alpha value is -2.33. The van der Waals surface area contributed by atoms with Crippen LogP contribution in [0.5, 0.6) is 5.75 Å². The molecule has 0 spiro atoms. The normalized spacial score (nSPS) is 13.2. The Morgan fingerprint density at radius 1 is 1.17 bits per heavy atom. The van der Waals surface area contributed by atoms with Crippen LogP contribution >= 0.6 is 0 Å². The molecule has 0 unspecified atom stereocenters. The van der Waals surface area contributed by atoms with Crippen molar-refractivity contribution >= 4 is 12.1 Å². The number of methoxy groups -OCH3 is 1. The van der Waals surface area contributed by atoms with Crippen LogP contribution in [0.15, 0.2) is 29.4 Å².